The molecule has 7 nitrogen and oxygen atoms in total. The number of hydrogen-bond donors (Lipinski definition) is 2. The first-order valence-corrected chi connectivity index (χ1v) is 7.90. The van der Waals surface area contributed by atoms with E-state index in [9.17, 15) is 19.2 Å². The van der Waals surface area contributed by atoms with E-state index in [1.54, 1.807) is 25.2 Å². The van der Waals surface area contributed by atoms with Gasteiger partial charge in [0.15, 0.2) is 0 Å². The molecule has 24 heavy (non-hydrogen) atoms. The molecule has 1 unspecified atom stereocenters. The van der Waals surface area contributed by atoms with Gasteiger partial charge < -0.3 is 15.4 Å². The van der Waals surface area contributed by atoms with Gasteiger partial charge in [-0.3, -0.25) is 19.3 Å². The molecular formula is C17H23N3O4. The van der Waals surface area contributed by atoms with Crippen LogP contribution in [0.25, 0.3) is 0 Å². The molecular weight excluding hydrogens is 310 g/mol. The molecule has 1 heterocycles. The lowest BCUT2D eigenvalue weighted by Gasteiger charge is -2.24. The fourth-order valence-electron chi connectivity index (χ4n) is 2.56. The van der Waals surface area contributed by atoms with Crippen molar-refractivity contribution in [2.45, 2.75) is 32.7 Å². The van der Waals surface area contributed by atoms with Crippen LogP contribution in [0, 0.1) is 0 Å². The highest BCUT2D eigenvalue weighted by atomic mass is 16.2. The summed E-state index contributed by atoms with van der Waals surface area (Å²) >= 11 is 0. The molecule has 1 aromatic carbocycles. The lowest BCUT2D eigenvalue weighted by molar-refractivity contribution is -0.124. The predicted molar refractivity (Wildman–Crippen MR) is 91.0 cm³/mol. The van der Waals surface area contributed by atoms with Gasteiger partial charge >= 0.3 is 0 Å². The predicted octanol–water partition coefficient (Wildman–Crippen LogP) is 1.44. The van der Waals surface area contributed by atoms with E-state index in [-0.39, 0.29) is 24.0 Å². The molecule has 0 aromatic heterocycles. The smallest absolute Gasteiger partial charge is 0.264 e. The van der Waals surface area contributed by atoms with Gasteiger partial charge in [-0.05, 0) is 18.6 Å². The number of carbonyl (C=O) groups is 4. The van der Waals surface area contributed by atoms with Crippen molar-refractivity contribution in [2.75, 3.05) is 19.4 Å². The van der Waals surface area contributed by atoms with Gasteiger partial charge in [-0.25, -0.2) is 0 Å². The summed E-state index contributed by atoms with van der Waals surface area (Å²) in [4.78, 5) is 48.7. The minimum Gasteiger partial charge on any atom is -0.387 e. The Bertz CT molecular complexity index is 643. The van der Waals surface area contributed by atoms with Crippen LogP contribution in [0.4, 0.5) is 5.69 Å². The zero-order valence-corrected chi connectivity index (χ0v) is 14.4. The van der Waals surface area contributed by atoms with E-state index in [0.717, 1.165) is 4.90 Å². The Kier molecular flexibility index (Phi) is 7.10. The van der Waals surface area contributed by atoms with Crippen LogP contribution < -0.4 is 10.6 Å². The van der Waals surface area contributed by atoms with Crippen molar-refractivity contribution >= 4 is 29.7 Å². The Balaban J connectivity index is 0.00000139. The third kappa shape index (κ3) is 3.45. The minimum atomic E-state index is -0.993. The van der Waals surface area contributed by atoms with Crippen molar-refractivity contribution in [1.29, 1.82) is 0 Å². The van der Waals surface area contributed by atoms with Crippen LogP contribution in [0.15, 0.2) is 18.2 Å². The van der Waals surface area contributed by atoms with E-state index >= 15 is 0 Å². The fourth-order valence-corrected chi connectivity index (χ4v) is 2.56. The van der Waals surface area contributed by atoms with Gasteiger partial charge in [-0.1, -0.05) is 19.9 Å². The number of amides is 3. The van der Waals surface area contributed by atoms with E-state index in [1.807, 2.05) is 13.8 Å². The van der Waals surface area contributed by atoms with E-state index in [4.69, 9.17) is 0 Å². The summed E-state index contributed by atoms with van der Waals surface area (Å²) in [5.74, 6) is -1.51. The number of fused-ring (bicyclic) bond motifs is 1. The third-order valence-electron chi connectivity index (χ3n) is 3.63. The van der Waals surface area contributed by atoms with E-state index in [1.165, 1.54) is 7.05 Å². The van der Waals surface area contributed by atoms with Crippen LogP contribution in [0.1, 0.15) is 47.4 Å². The second-order valence-electron chi connectivity index (χ2n) is 4.83. The fraction of sp³-hybridized carbons (Fsp3) is 0.412. The number of nitrogens with one attached hydrogen (secondary N) is 2. The standard InChI is InChI=1S/C15H17N3O4.C2H6/c1-16-10-6-3-5-9-12(10)15(22)18(14(9)21)11(7-4-8-19)13(20)17-2;1-2/h3,5-6,8,11,16H,4,7H2,1-2H3,(H,17,20);1-2H3. The monoisotopic (exact) mass is 333 g/mol. The van der Waals surface area contributed by atoms with Crippen LogP contribution >= 0.6 is 0 Å². The molecule has 2 rings (SSSR count). The molecule has 1 aliphatic heterocycles. The zero-order chi connectivity index (χ0) is 18.3. The second-order valence-corrected chi connectivity index (χ2v) is 4.83. The van der Waals surface area contributed by atoms with Gasteiger partial charge in [-0.2, -0.15) is 0 Å². The summed E-state index contributed by atoms with van der Waals surface area (Å²) in [6.45, 7) is 4.00. The van der Waals surface area contributed by atoms with Crippen LogP contribution in [-0.2, 0) is 9.59 Å². The van der Waals surface area contributed by atoms with Crippen molar-refractivity contribution in [3.05, 3.63) is 29.3 Å². The van der Waals surface area contributed by atoms with Gasteiger partial charge in [-0.15, -0.1) is 0 Å². The highest BCUT2D eigenvalue weighted by molar-refractivity contribution is 6.25. The van der Waals surface area contributed by atoms with Crippen LogP contribution in [0.5, 0.6) is 0 Å². The summed E-state index contributed by atoms with van der Waals surface area (Å²) in [6, 6.07) is 3.91. The lowest BCUT2D eigenvalue weighted by Crippen LogP contribution is -2.48. The maximum Gasteiger partial charge on any atom is 0.264 e. The first-order valence-electron chi connectivity index (χ1n) is 7.90. The van der Waals surface area contributed by atoms with Gasteiger partial charge in [0, 0.05) is 26.2 Å². The van der Waals surface area contributed by atoms with Gasteiger partial charge in [0.25, 0.3) is 11.8 Å². The summed E-state index contributed by atoms with van der Waals surface area (Å²) in [5.41, 5.74) is 1.05. The number of benzene rings is 1. The van der Waals surface area contributed by atoms with E-state index in [0.29, 0.717) is 12.0 Å². The van der Waals surface area contributed by atoms with Gasteiger partial charge in [0.1, 0.15) is 12.3 Å². The second kappa shape index (κ2) is 8.81. The molecule has 2 N–H and O–H groups in total. The van der Waals surface area contributed by atoms with Crippen LogP contribution in [-0.4, -0.2) is 49.0 Å². The number of likely N-dealkylation sites (N-methyl/N-ethyl adjacent to an activating group) is 1. The Morgan fingerprint density at radius 3 is 2.42 bits per heavy atom. The zero-order valence-electron chi connectivity index (χ0n) is 14.4. The average molecular weight is 333 g/mol. The molecule has 1 atom stereocenters. The summed E-state index contributed by atoms with van der Waals surface area (Å²) in [5, 5.41) is 5.30. The maximum absolute atomic E-state index is 12.6. The Labute approximate surface area is 141 Å². The molecule has 0 radical (unpaired) electrons. The number of aldehydes is 1. The minimum absolute atomic E-state index is 0.0877. The molecule has 0 saturated carbocycles. The number of nitrogens with zero attached hydrogens (tertiary/aromatic N) is 1. The van der Waals surface area contributed by atoms with Gasteiger partial charge in [0.2, 0.25) is 5.91 Å². The molecule has 0 saturated heterocycles. The quantitative estimate of drug-likeness (QED) is 0.607. The number of imide groups is 1. The third-order valence-corrected chi connectivity index (χ3v) is 3.63. The molecule has 130 valence electrons. The van der Waals surface area contributed by atoms with E-state index in [2.05, 4.69) is 10.6 Å². The molecule has 7 heteroatoms. The SMILES string of the molecule is CC.CNC(=O)C(CCC=O)N1C(=O)c2cccc(NC)c2C1=O. The normalized spacial score (nSPS) is 13.6. The molecule has 0 aliphatic carbocycles. The molecule has 1 aliphatic rings. The molecule has 1 aromatic rings. The van der Waals surface area contributed by atoms with Crippen molar-refractivity contribution in [3.8, 4) is 0 Å². The lowest BCUT2D eigenvalue weighted by atomic mass is 10.1. The molecule has 0 bridgehead atoms. The van der Waals surface area contributed by atoms with E-state index < -0.39 is 23.8 Å². The van der Waals surface area contributed by atoms with Crippen molar-refractivity contribution < 1.29 is 19.2 Å². The molecule has 3 amide bonds. The summed E-state index contributed by atoms with van der Waals surface area (Å²) in [7, 11) is 3.08. The summed E-state index contributed by atoms with van der Waals surface area (Å²) in [6.07, 6.45) is 0.848. The topological polar surface area (TPSA) is 95.6 Å². The highest BCUT2D eigenvalue weighted by Crippen LogP contribution is 2.31. The maximum atomic E-state index is 12.6. The van der Waals surface area contributed by atoms with Crippen LogP contribution in [0.2, 0.25) is 0 Å². The van der Waals surface area contributed by atoms with Crippen molar-refractivity contribution in [1.82, 2.24) is 10.2 Å². The number of rotatable bonds is 6. The highest BCUT2D eigenvalue weighted by Gasteiger charge is 2.43. The Morgan fingerprint density at radius 1 is 1.21 bits per heavy atom. The Hall–Kier alpha value is -2.70. The number of carbonyl (C=O) groups excluding carboxylic acids is 4. The Morgan fingerprint density at radius 2 is 1.88 bits per heavy atom. The molecule has 0 fully saturated rings. The summed E-state index contributed by atoms with van der Waals surface area (Å²) < 4.78 is 0. The number of hydrogen-bond acceptors (Lipinski definition) is 5. The average Bonchev–Trinajstić information content (AvgIpc) is 2.88. The van der Waals surface area contributed by atoms with Crippen LogP contribution in [0.3, 0.4) is 0 Å². The molecule has 0 spiro atoms. The number of anilines is 1. The van der Waals surface area contributed by atoms with Gasteiger partial charge in [0.05, 0.1) is 11.1 Å². The van der Waals surface area contributed by atoms with Crippen molar-refractivity contribution in [3.63, 3.8) is 0 Å². The van der Waals surface area contributed by atoms with Crippen molar-refractivity contribution in [2.24, 2.45) is 0 Å². The largest absolute Gasteiger partial charge is 0.387 e. The first-order chi connectivity index (χ1) is 11.6. The first kappa shape index (κ1) is 19.3.